The van der Waals surface area contributed by atoms with Crippen LogP contribution in [-0.2, 0) is 9.59 Å². The summed E-state index contributed by atoms with van der Waals surface area (Å²) in [5.74, 6) is -0.444. The van der Waals surface area contributed by atoms with Crippen molar-refractivity contribution in [3.05, 3.63) is 87.9 Å². The van der Waals surface area contributed by atoms with E-state index in [1.54, 1.807) is 25.3 Å². The number of aromatic nitrogens is 3. The molecule has 0 radical (unpaired) electrons. The first-order valence-electron chi connectivity index (χ1n) is 14.9. The van der Waals surface area contributed by atoms with Crippen molar-refractivity contribution in [3.63, 3.8) is 0 Å². The fraction of sp³-hybridized carbons (Fsp3) is 0.314. The van der Waals surface area contributed by atoms with E-state index in [0.717, 1.165) is 33.3 Å². The summed E-state index contributed by atoms with van der Waals surface area (Å²) < 4.78 is 14.5. The van der Waals surface area contributed by atoms with Crippen molar-refractivity contribution in [2.75, 3.05) is 18.6 Å². The number of thiazole rings is 1. The number of hydrogen-bond acceptors (Lipinski definition) is 8. The summed E-state index contributed by atoms with van der Waals surface area (Å²) in [5.41, 5.74) is 5.76. The number of hydrogen-bond donors (Lipinski definition) is 1. The molecule has 5 aromatic rings. The highest BCUT2D eigenvalue weighted by molar-refractivity contribution is 7.22. The van der Waals surface area contributed by atoms with Crippen LogP contribution in [0.15, 0.2) is 54.2 Å². The third kappa shape index (κ3) is 5.22. The van der Waals surface area contributed by atoms with Gasteiger partial charge in [-0.1, -0.05) is 43.4 Å². The number of aryl methyl sites for hydroxylation is 4. The van der Waals surface area contributed by atoms with Crippen molar-refractivity contribution in [2.45, 2.75) is 54.0 Å². The van der Waals surface area contributed by atoms with Gasteiger partial charge in [-0.2, -0.15) is 0 Å². The molecule has 0 spiro atoms. The summed E-state index contributed by atoms with van der Waals surface area (Å²) in [6.07, 6.45) is 2.73. The SMILES string of the molecule is COc1cc(C2/C(=C(\O)c3nc4c(C)cccn4c3C)C(=O)C(=O)N2c2nc3c(C)cc(C)cc3s2)ccc1OCCC(C)C. The predicted molar refractivity (Wildman–Crippen MR) is 176 cm³/mol. The first-order valence-corrected chi connectivity index (χ1v) is 15.8. The standard InChI is InChI=1S/C35H36N4O5S/c1-18(2)12-14-44-24-11-10-23(17-25(24)43-7)30-27(31(40)29-22(6)38-13-8-9-20(4)33(38)36-29)32(41)34(42)39(30)35-37-28-21(5)15-19(3)16-26(28)45-35/h8-11,13,15-18,30,40H,12,14H2,1-7H3/b31-27+. The van der Waals surface area contributed by atoms with Gasteiger partial charge >= 0.3 is 5.91 Å². The fourth-order valence-corrected chi connectivity index (χ4v) is 7.03. The normalized spacial score (nSPS) is 16.4. The molecule has 1 aliphatic rings. The monoisotopic (exact) mass is 624 g/mol. The van der Waals surface area contributed by atoms with Gasteiger partial charge in [0, 0.05) is 6.20 Å². The molecular formula is C35H36N4O5S. The number of aliphatic hydroxyl groups excluding tert-OH is 1. The van der Waals surface area contributed by atoms with Crippen LogP contribution in [0.4, 0.5) is 5.13 Å². The van der Waals surface area contributed by atoms with Crippen LogP contribution < -0.4 is 14.4 Å². The van der Waals surface area contributed by atoms with Crippen LogP contribution >= 0.6 is 11.3 Å². The molecule has 1 aliphatic heterocycles. The molecule has 232 valence electrons. The lowest BCUT2D eigenvalue weighted by Gasteiger charge is -2.24. The number of amides is 1. The first kappa shape index (κ1) is 30.3. The van der Waals surface area contributed by atoms with Gasteiger partial charge in [-0.3, -0.25) is 14.5 Å². The quantitative estimate of drug-likeness (QED) is 0.110. The molecule has 1 unspecified atom stereocenters. The minimum atomic E-state index is -0.990. The lowest BCUT2D eigenvalue weighted by Crippen LogP contribution is -2.29. The number of rotatable bonds is 8. The average molecular weight is 625 g/mol. The number of Topliss-reactive ketones (excluding diaryl/α,β-unsaturated/α-hetero) is 1. The van der Waals surface area contributed by atoms with Crippen molar-refractivity contribution in [1.82, 2.24) is 14.4 Å². The average Bonchev–Trinajstić information content (AvgIpc) is 3.65. The summed E-state index contributed by atoms with van der Waals surface area (Å²) in [5, 5.41) is 12.2. The zero-order chi connectivity index (χ0) is 32.2. The molecule has 1 fully saturated rings. The van der Waals surface area contributed by atoms with E-state index < -0.39 is 17.7 Å². The first-order chi connectivity index (χ1) is 21.5. The molecule has 1 saturated heterocycles. The maximum atomic E-state index is 13.9. The van der Waals surface area contributed by atoms with E-state index in [1.807, 2.05) is 62.6 Å². The van der Waals surface area contributed by atoms with Crippen LogP contribution in [-0.4, -0.2) is 44.9 Å². The number of fused-ring (bicyclic) bond motifs is 2. The Bertz CT molecular complexity index is 2020. The van der Waals surface area contributed by atoms with Crippen LogP contribution in [0.2, 0.25) is 0 Å². The number of nitrogens with zero attached hydrogens (tertiary/aromatic N) is 4. The molecule has 3 aromatic heterocycles. The molecule has 0 bridgehead atoms. The van der Waals surface area contributed by atoms with Crippen LogP contribution in [0.1, 0.15) is 60.0 Å². The fourth-order valence-electron chi connectivity index (χ4n) is 5.86. The topological polar surface area (TPSA) is 106 Å². The second-order valence-electron chi connectivity index (χ2n) is 12.0. The molecule has 0 saturated carbocycles. The number of methoxy groups -OCH3 is 1. The van der Waals surface area contributed by atoms with Crippen molar-refractivity contribution in [2.24, 2.45) is 5.92 Å². The van der Waals surface area contributed by atoms with Gasteiger partial charge in [0.15, 0.2) is 22.4 Å². The third-order valence-corrected chi connectivity index (χ3v) is 9.24. The van der Waals surface area contributed by atoms with Crippen LogP contribution in [0.5, 0.6) is 11.5 Å². The Morgan fingerprint density at radius 1 is 1.02 bits per heavy atom. The molecule has 1 N–H and O–H groups in total. The maximum absolute atomic E-state index is 13.9. The molecule has 1 amide bonds. The number of carbonyl (C=O) groups excluding carboxylic acids is 2. The highest BCUT2D eigenvalue weighted by atomic mass is 32.1. The van der Waals surface area contributed by atoms with Crippen molar-refractivity contribution >= 4 is 49.8 Å². The molecule has 4 heterocycles. The second kappa shape index (κ2) is 11.7. The van der Waals surface area contributed by atoms with Crippen LogP contribution in [0, 0.1) is 33.6 Å². The van der Waals surface area contributed by atoms with Gasteiger partial charge in [-0.15, -0.1) is 0 Å². The summed E-state index contributed by atoms with van der Waals surface area (Å²) in [7, 11) is 1.55. The summed E-state index contributed by atoms with van der Waals surface area (Å²) in [4.78, 5) is 38.8. The van der Waals surface area contributed by atoms with Gasteiger partial charge in [-0.05, 0) is 86.6 Å². The zero-order valence-corrected chi connectivity index (χ0v) is 27.3. The summed E-state index contributed by atoms with van der Waals surface area (Å²) in [6.45, 7) is 12.5. The van der Waals surface area contributed by atoms with E-state index in [0.29, 0.717) is 46.1 Å². The summed E-state index contributed by atoms with van der Waals surface area (Å²) in [6, 6.07) is 12.2. The number of carbonyl (C=O) groups is 2. The lowest BCUT2D eigenvalue weighted by atomic mass is 9.96. The molecule has 1 atom stereocenters. The van der Waals surface area contributed by atoms with E-state index in [4.69, 9.17) is 19.4 Å². The van der Waals surface area contributed by atoms with Gasteiger partial charge in [0.05, 0.1) is 41.2 Å². The number of pyridine rings is 1. The Kier molecular flexibility index (Phi) is 7.86. The Hall–Kier alpha value is -4.70. The molecule has 10 heteroatoms. The van der Waals surface area contributed by atoms with Crippen molar-refractivity contribution in [1.29, 1.82) is 0 Å². The molecule has 0 aliphatic carbocycles. The zero-order valence-electron chi connectivity index (χ0n) is 26.5. The van der Waals surface area contributed by atoms with Gasteiger partial charge in [-0.25, -0.2) is 9.97 Å². The minimum absolute atomic E-state index is 0.0631. The number of benzene rings is 2. The molecule has 9 nitrogen and oxygen atoms in total. The molecular weight excluding hydrogens is 588 g/mol. The lowest BCUT2D eigenvalue weighted by molar-refractivity contribution is -0.132. The number of ketones is 1. The Balaban J connectivity index is 1.56. The highest BCUT2D eigenvalue weighted by Crippen LogP contribution is 2.46. The van der Waals surface area contributed by atoms with Gasteiger partial charge in [0.2, 0.25) is 0 Å². The molecule has 2 aromatic carbocycles. The van der Waals surface area contributed by atoms with E-state index >= 15 is 0 Å². The highest BCUT2D eigenvalue weighted by Gasteiger charge is 2.49. The molecule has 45 heavy (non-hydrogen) atoms. The van der Waals surface area contributed by atoms with Gasteiger partial charge < -0.3 is 19.0 Å². The number of anilines is 1. The Morgan fingerprint density at radius 3 is 2.51 bits per heavy atom. The number of ether oxygens (including phenoxy) is 2. The van der Waals surface area contributed by atoms with E-state index in [2.05, 4.69) is 13.8 Å². The van der Waals surface area contributed by atoms with Crippen LogP contribution in [0.3, 0.4) is 0 Å². The largest absolute Gasteiger partial charge is 0.505 e. The second-order valence-corrected chi connectivity index (χ2v) is 13.0. The van der Waals surface area contributed by atoms with Gasteiger partial charge in [0.1, 0.15) is 11.3 Å². The van der Waals surface area contributed by atoms with Crippen molar-refractivity contribution < 1.29 is 24.2 Å². The van der Waals surface area contributed by atoms with Crippen molar-refractivity contribution in [3.8, 4) is 11.5 Å². The predicted octanol–water partition coefficient (Wildman–Crippen LogP) is 7.24. The van der Waals surface area contributed by atoms with Gasteiger partial charge in [0.25, 0.3) is 5.78 Å². The Morgan fingerprint density at radius 2 is 1.80 bits per heavy atom. The minimum Gasteiger partial charge on any atom is -0.505 e. The van der Waals surface area contributed by atoms with Crippen LogP contribution in [0.25, 0.3) is 21.6 Å². The smallest absolute Gasteiger partial charge is 0.301 e. The number of aliphatic hydroxyl groups is 1. The van der Waals surface area contributed by atoms with E-state index in [-0.39, 0.29) is 17.0 Å². The molecule has 6 rings (SSSR count). The number of imidazole rings is 1. The summed E-state index contributed by atoms with van der Waals surface area (Å²) >= 11 is 1.33. The maximum Gasteiger partial charge on any atom is 0.301 e. The van der Waals surface area contributed by atoms with E-state index in [9.17, 15) is 14.7 Å². The third-order valence-electron chi connectivity index (χ3n) is 8.23. The van der Waals surface area contributed by atoms with E-state index in [1.165, 1.54) is 16.2 Å². The Labute approximate surface area is 265 Å².